The molecule has 0 saturated heterocycles. The maximum Gasteiger partial charge on any atom is 0.304 e. The number of aromatic nitrogens is 1. The van der Waals surface area contributed by atoms with Gasteiger partial charge in [-0.2, -0.15) is 11.8 Å². The summed E-state index contributed by atoms with van der Waals surface area (Å²) in [5, 5.41) is 9.13. The zero-order valence-electron chi connectivity index (χ0n) is 21.6. The summed E-state index contributed by atoms with van der Waals surface area (Å²) in [5.74, 6) is 2.22. The Kier molecular flexibility index (Phi) is 7.60. The second-order valence-corrected chi connectivity index (χ2v) is 10.8. The predicted molar refractivity (Wildman–Crippen MR) is 146 cm³/mol. The lowest BCUT2D eigenvalue weighted by molar-refractivity contribution is -0.137. The van der Waals surface area contributed by atoms with Gasteiger partial charge < -0.3 is 19.3 Å². The molecule has 194 valence electrons. The van der Waals surface area contributed by atoms with Gasteiger partial charge in [-0.3, -0.25) is 4.79 Å². The van der Waals surface area contributed by atoms with Gasteiger partial charge in [0.15, 0.2) is 0 Å². The Bertz CT molecular complexity index is 1280. The van der Waals surface area contributed by atoms with Crippen LogP contribution in [0.4, 0.5) is 0 Å². The summed E-state index contributed by atoms with van der Waals surface area (Å²) < 4.78 is 18.1. The fourth-order valence-electron chi connectivity index (χ4n) is 5.53. The monoisotopic (exact) mass is 519 g/mol. The number of nitrogens with zero attached hydrogens (tertiary/aromatic N) is 1. The minimum absolute atomic E-state index is 0.0393. The van der Waals surface area contributed by atoms with E-state index in [4.69, 9.17) is 19.3 Å². The lowest BCUT2D eigenvalue weighted by Crippen LogP contribution is -2.07. The van der Waals surface area contributed by atoms with Gasteiger partial charge in [-0.1, -0.05) is 18.2 Å². The lowest BCUT2D eigenvalue weighted by atomic mass is 9.90. The summed E-state index contributed by atoms with van der Waals surface area (Å²) in [6, 6.07) is 12.6. The first-order valence-electron chi connectivity index (χ1n) is 12.8. The quantitative estimate of drug-likeness (QED) is 0.306. The van der Waals surface area contributed by atoms with E-state index in [0.29, 0.717) is 18.2 Å². The minimum atomic E-state index is -0.834. The Morgan fingerprint density at radius 1 is 1.19 bits per heavy atom. The Morgan fingerprint density at radius 3 is 2.76 bits per heavy atom. The van der Waals surface area contributed by atoms with Crippen molar-refractivity contribution in [3.05, 3.63) is 70.4 Å². The minimum Gasteiger partial charge on any atom is -0.494 e. The highest BCUT2D eigenvalue weighted by Gasteiger charge is 2.30. The molecule has 2 aliphatic rings. The number of fused-ring (bicyclic) bond motifs is 2. The van der Waals surface area contributed by atoms with Crippen molar-refractivity contribution in [1.82, 2.24) is 4.98 Å². The standard InChI is InChI=1S/C30H33NO5S/c1-18-12-21(34-10-5-11-37-3)13-19(2)30(18)24-7-4-6-23-22(24)8-9-26(23)36-28-15-27-25(16-31-28)20(17-35-27)14-29(32)33/h4,6-7,12-13,15-16,20,26H,5,8-11,14,17H2,1-3H3,(H,32,33). The third-order valence-electron chi connectivity index (χ3n) is 7.19. The Labute approximate surface area is 222 Å². The van der Waals surface area contributed by atoms with E-state index in [1.807, 2.05) is 11.8 Å². The van der Waals surface area contributed by atoms with Gasteiger partial charge in [0.25, 0.3) is 0 Å². The number of carbonyl (C=O) groups is 1. The van der Waals surface area contributed by atoms with Gasteiger partial charge in [-0.25, -0.2) is 4.98 Å². The molecule has 1 N–H and O–H groups in total. The molecular weight excluding hydrogens is 486 g/mol. The predicted octanol–water partition coefficient (Wildman–Crippen LogP) is 6.51. The fourth-order valence-corrected chi connectivity index (χ4v) is 5.94. The summed E-state index contributed by atoms with van der Waals surface area (Å²) in [4.78, 5) is 15.6. The highest BCUT2D eigenvalue weighted by atomic mass is 32.2. The molecule has 37 heavy (non-hydrogen) atoms. The van der Waals surface area contributed by atoms with Crippen LogP contribution < -0.4 is 14.2 Å². The molecule has 2 heterocycles. The van der Waals surface area contributed by atoms with Crippen LogP contribution in [-0.4, -0.2) is 41.3 Å². The molecule has 2 unspecified atom stereocenters. The topological polar surface area (TPSA) is 77.9 Å². The third-order valence-corrected chi connectivity index (χ3v) is 7.88. The first-order valence-corrected chi connectivity index (χ1v) is 14.2. The number of thioether (sulfide) groups is 1. The van der Waals surface area contributed by atoms with E-state index in [2.05, 4.69) is 55.4 Å². The van der Waals surface area contributed by atoms with Crippen molar-refractivity contribution in [2.75, 3.05) is 25.2 Å². The zero-order chi connectivity index (χ0) is 25.9. The second-order valence-electron chi connectivity index (χ2n) is 9.81. The van der Waals surface area contributed by atoms with Crippen LogP contribution >= 0.6 is 11.8 Å². The van der Waals surface area contributed by atoms with Crippen molar-refractivity contribution in [1.29, 1.82) is 0 Å². The van der Waals surface area contributed by atoms with Gasteiger partial charge in [0, 0.05) is 23.7 Å². The van der Waals surface area contributed by atoms with E-state index >= 15 is 0 Å². The number of aryl methyl sites for hydroxylation is 2. The van der Waals surface area contributed by atoms with Crippen molar-refractivity contribution >= 4 is 17.7 Å². The van der Waals surface area contributed by atoms with E-state index in [1.165, 1.54) is 33.4 Å². The number of carboxylic acids is 1. The average Bonchev–Trinajstić information content (AvgIpc) is 3.45. The van der Waals surface area contributed by atoms with E-state index in [-0.39, 0.29) is 18.4 Å². The molecule has 3 aromatic rings. The van der Waals surface area contributed by atoms with Crippen molar-refractivity contribution in [3.8, 4) is 28.5 Å². The normalized spacial score (nSPS) is 17.7. The molecule has 1 aliphatic carbocycles. The Balaban J connectivity index is 1.35. The van der Waals surface area contributed by atoms with E-state index in [9.17, 15) is 4.79 Å². The molecule has 0 bridgehead atoms. The maximum atomic E-state index is 11.1. The molecule has 2 aromatic carbocycles. The average molecular weight is 520 g/mol. The van der Waals surface area contributed by atoms with Crippen LogP contribution in [0.15, 0.2) is 42.6 Å². The van der Waals surface area contributed by atoms with Crippen molar-refractivity contribution < 1.29 is 24.1 Å². The number of hydrogen-bond acceptors (Lipinski definition) is 6. The molecular formula is C30H33NO5S. The first kappa shape index (κ1) is 25.5. The second kappa shape index (κ2) is 11.1. The van der Waals surface area contributed by atoms with Gasteiger partial charge in [0.05, 0.1) is 19.6 Å². The van der Waals surface area contributed by atoms with Crippen LogP contribution in [0.1, 0.15) is 59.1 Å². The van der Waals surface area contributed by atoms with E-state index in [0.717, 1.165) is 42.9 Å². The van der Waals surface area contributed by atoms with E-state index < -0.39 is 5.97 Å². The van der Waals surface area contributed by atoms with Crippen LogP contribution in [0.25, 0.3) is 11.1 Å². The summed E-state index contributed by atoms with van der Waals surface area (Å²) in [6.45, 7) is 5.42. The molecule has 0 spiro atoms. The van der Waals surface area contributed by atoms with Crippen LogP contribution in [0, 0.1) is 13.8 Å². The van der Waals surface area contributed by atoms with Gasteiger partial charge in [-0.05, 0) is 90.6 Å². The van der Waals surface area contributed by atoms with Crippen molar-refractivity contribution in [3.63, 3.8) is 0 Å². The highest BCUT2D eigenvalue weighted by Crippen LogP contribution is 2.43. The summed E-state index contributed by atoms with van der Waals surface area (Å²) in [5.41, 5.74) is 8.31. The number of ether oxygens (including phenoxy) is 3. The molecule has 0 radical (unpaired) electrons. The zero-order valence-corrected chi connectivity index (χ0v) is 22.4. The largest absolute Gasteiger partial charge is 0.494 e. The maximum absolute atomic E-state index is 11.1. The van der Waals surface area contributed by atoms with Gasteiger partial charge in [0.1, 0.15) is 17.6 Å². The number of aliphatic carboxylic acids is 1. The summed E-state index contributed by atoms with van der Waals surface area (Å²) >= 11 is 1.84. The van der Waals surface area contributed by atoms with Crippen LogP contribution in [-0.2, 0) is 11.2 Å². The number of hydrogen-bond donors (Lipinski definition) is 1. The van der Waals surface area contributed by atoms with Crippen molar-refractivity contribution in [2.24, 2.45) is 0 Å². The lowest BCUT2D eigenvalue weighted by Gasteiger charge is -2.18. The van der Waals surface area contributed by atoms with Gasteiger partial charge >= 0.3 is 5.97 Å². The molecule has 5 rings (SSSR count). The van der Waals surface area contributed by atoms with Crippen LogP contribution in [0.3, 0.4) is 0 Å². The number of pyridine rings is 1. The SMILES string of the molecule is CSCCCOc1cc(C)c(-c2cccc3c2CCC3Oc2cc3c(cn2)C(CC(=O)O)CO3)c(C)c1. The van der Waals surface area contributed by atoms with Crippen molar-refractivity contribution in [2.45, 2.75) is 51.6 Å². The Morgan fingerprint density at radius 2 is 2.00 bits per heavy atom. The molecule has 7 heteroatoms. The molecule has 0 amide bonds. The van der Waals surface area contributed by atoms with Gasteiger partial charge in [0.2, 0.25) is 5.88 Å². The molecule has 0 fully saturated rings. The first-order chi connectivity index (χ1) is 17.9. The third kappa shape index (κ3) is 5.42. The summed E-state index contributed by atoms with van der Waals surface area (Å²) in [6.07, 6.45) is 6.63. The highest BCUT2D eigenvalue weighted by molar-refractivity contribution is 7.98. The molecule has 0 saturated carbocycles. The van der Waals surface area contributed by atoms with Crippen LogP contribution in [0.5, 0.6) is 17.4 Å². The van der Waals surface area contributed by atoms with E-state index in [1.54, 1.807) is 12.3 Å². The van der Waals surface area contributed by atoms with Gasteiger partial charge in [-0.15, -0.1) is 0 Å². The smallest absolute Gasteiger partial charge is 0.304 e. The van der Waals surface area contributed by atoms with Crippen LogP contribution in [0.2, 0.25) is 0 Å². The number of rotatable bonds is 10. The fraction of sp³-hybridized carbons (Fsp3) is 0.400. The molecule has 1 aromatic heterocycles. The number of benzene rings is 2. The molecule has 2 atom stereocenters. The molecule has 1 aliphatic heterocycles. The molecule has 6 nitrogen and oxygen atoms in total. The summed E-state index contributed by atoms with van der Waals surface area (Å²) in [7, 11) is 0. The number of carboxylic acid groups (broad SMARTS) is 1. The Hall–Kier alpha value is -3.19.